The van der Waals surface area contributed by atoms with Gasteiger partial charge >= 0.3 is 0 Å². The van der Waals surface area contributed by atoms with Gasteiger partial charge in [0, 0.05) is 34.8 Å². The molecule has 0 bridgehead atoms. The van der Waals surface area contributed by atoms with Crippen molar-refractivity contribution in [1.82, 2.24) is 5.32 Å². The molecule has 1 aromatic rings. The Labute approximate surface area is 117 Å². The average Bonchev–Trinajstić information content (AvgIpc) is 2.26. The summed E-state index contributed by atoms with van der Waals surface area (Å²) < 4.78 is 6.17. The Balaban J connectivity index is 2.51. The summed E-state index contributed by atoms with van der Waals surface area (Å²) in [6.07, 6.45) is 0. The highest BCUT2D eigenvalue weighted by Gasteiger charge is 2.03. The molecule has 0 radical (unpaired) electrons. The second-order valence-electron chi connectivity index (χ2n) is 4.09. The SMILES string of the molecule is COCCNCc1ccc(SC(C)C)cc1Br. The Morgan fingerprint density at radius 2 is 2.18 bits per heavy atom. The number of ether oxygens (including phenoxy) is 1. The molecule has 1 rings (SSSR count). The first-order chi connectivity index (χ1) is 8.13. The van der Waals surface area contributed by atoms with Crippen molar-refractivity contribution in [1.29, 1.82) is 0 Å². The van der Waals surface area contributed by atoms with Crippen LogP contribution in [0.4, 0.5) is 0 Å². The monoisotopic (exact) mass is 317 g/mol. The number of thioether (sulfide) groups is 1. The van der Waals surface area contributed by atoms with E-state index in [1.54, 1.807) is 7.11 Å². The van der Waals surface area contributed by atoms with E-state index < -0.39 is 0 Å². The third-order valence-corrected chi connectivity index (χ3v) is 3.93. The van der Waals surface area contributed by atoms with Gasteiger partial charge in [-0.1, -0.05) is 35.8 Å². The van der Waals surface area contributed by atoms with Gasteiger partial charge < -0.3 is 10.1 Å². The minimum atomic E-state index is 0.618. The summed E-state index contributed by atoms with van der Waals surface area (Å²) in [7, 11) is 1.72. The van der Waals surface area contributed by atoms with Crippen LogP contribution >= 0.6 is 27.7 Å². The lowest BCUT2D eigenvalue weighted by molar-refractivity contribution is 0.199. The van der Waals surface area contributed by atoms with E-state index in [0.29, 0.717) is 5.25 Å². The minimum absolute atomic E-state index is 0.618. The molecule has 0 aliphatic carbocycles. The fraction of sp³-hybridized carbons (Fsp3) is 0.538. The summed E-state index contributed by atoms with van der Waals surface area (Å²) >= 11 is 5.50. The summed E-state index contributed by atoms with van der Waals surface area (Å²) in [4.78, 5) is 1.31. The van der Waals surface area contributed by atoms with Gasteiger partial charge in [-0.3, -0.25) is 0 Å². The Morgan fingerprint density at radius 1 is 1.41 bits per heavy atom. The van der Waals surface area contributed by atoms with Gasteiger partial charge in [-0.05, 0) is 17.7 Å². The van der Waals surface area contributed by atoms with Crippen molar-refractivity contribution in [2.75, 3.05) is 20.3 Å². The van der Waals surface area contributed by atoms with Crippen LogP contribution in [0.15, 0.2) is 27.6 Å². The van der Waals surface area contributed by atoms with Crippen molar-refractivity contribution in [2.24, 2.45) is 0 Å². The molecule has 96 valence electrons. The smallest absolute Gasteiger partial charge is 0.0587 e. The number of methoxy groups -OCH3 is 1. The van der Waals surface area contributed by atoms with Gasteiger partial charge in [0.05, 0.1) is 6.61 Å². The first-order valence-corrected chi connectivity index (χ1v) is 7.45. The molecular formula is C13H20BrNOS. The molecule has 0 atom stereocenters. The molecule has 2 nitrogen and oxygen atoms in total. The summed E-state index contributed by atoms with van der Waals surface area (Å²) in [5.74, 6) is 0. The molecule has 17 heavy (non-hydrogen) atoms. The normalized spacial score (nSPS) is 11.1. The minimum Gasteiger partial charge on any atom is -0.383 e. The van der Waals surface area contributed by atoms with Crippen molar-refractivity contribution in [3.63, 3.8) is 0 Å². The fourth-order valence-corrected chi connectivity index (χ4v) is 2.96. The van der Waals surface area contributed by atoms with E-state index in [0.717, 1.165) is 19.7 Å². The average molecular weight is 318 g/mol. The zero-order valence-electron chi connectivity index (χ0n) is 10.6. The Morgan fingerprint density at radius 3 is 2.76 bits per heavy atom. The quantitative estimate of drug-likeness (QED) is 0.612. The lowest BCUT2D eigenvalue weighted by Gasteiger charge is -2.10. The number of hydrogen-bond acceptors (Lipinski definition) is 3. The molecule has 0 fully saturated rings. The van der Waals surface area contributed by atoms with E-state index in [1.165, 1.54) is 14.9 Å². The number of nitrogens with one attached hydrogen (secondary N) is 1. The van der Waals surface area contributed by atoms with Crippen LogP contribution in [-0.2, 0) is 11.3 Å². The summed E-state index contributed by atoms with van der Waals surface area (Å²) in [6, 6.07) is 6.55. The van der Waals surface area contributed by atoms with Gasteiger partial charge in [-0.2, -0.15) is 0 Å². The topological polar surface area (TPSA) is 21.3 Å². The molecular weight excluding hydrogens is 298 g/mol. The van der Waals surface area contributed by atoms with E-state index in [-0.39, 0.29) is 0 Å². The van der Waals surface area contributed by atoms with Crippen molar-refractivity contribution in [3.8, 4) is 0 Å². The number of benzene rings is 1. The van der Waals surface area contributed by atoms with Crippen LogP contribution in [0, 0.1) is 0 Å². The van der Waals surface area contributed by atoms with Gasteiger partial charge in [-0.25, -0.2) is 0 Å². The Kier molecular flexibility index (Phi) is 7.19. The lowest BCUT2D eigenvalue weighted by atomic mass is 10.2. The highest BCUT2D eigenvalue weighted by Crippen LogP contribution is 2.27. The molecule has 0 saturated carbocycles. The number of halogens is 1. The van der Waals surface area contributed by atoms with Crippen LogP contribution in [0.3, 0.4) is 0 Å². The van der Waals surface area contributed by atoms with Gasteiger partial charge in [0.25, 0.3) is 0 Å². The van der Waals surface area contributed by atoms with E-state index in [9.17, 15) is 0 Å². The molecule has 0 aliphatic heterocycles. The van der Waals surface area contributed by atoms with E-state index >= 15 is 0 Å². The number of hydrogen-bond donors (Lipinski definition) is 1. The maximum Gasteiger partial charge on any atom is 0.0587 e. The summed E-state index contributed by atoms with van der Waals surface area (Å²) in [5.41, 5.74) is 1.29. The van der Waals surface area contributed by atoms with Crippen LogP contribution in [0.5, 0.6) is 0 Å². The Bertz CT molecular complexity index is 344. The largest absolute Gasteiger partial charge is 0.383 e. The van der Waals surface area contributed by atoms with Crippen LogP contribution in [0.1, 0.15) is 19.4 Å². The van der Waals surface area contributed by atoms with Gasteiger partial charge in [-0.15, -0.1) is 11.8 Å². The summed E-state index contributed by atoms with van der Waals surface area (Å²) in [5, 5.41) is 3.96. The standard InChI is InChI=1S/C13H20BrNOS/c1-10(2)17-12-5-4-11(13(14)8-12)9-15-6-7-16-3/h4-5,8,10,15H,6-7,9H2,1-3H3. The molecule has 0 saturated heterocycles. The van der Waals surface area contributed by atoms with E-state index in [2.05, 4.69) is 53.3 Å². The molecule has 1 aromatic carbocycles. The molecule has 0 amide bonds. The van der Waals surface area contributed by atoms with E-state index in [4.69, 9.17) is 4.74 Å². The number of rotatable bonds is 7. The maximum absolute atomic E-state index is 5.00. The lowest BCUT2D eigenvalue weighted by Crippen LogP contribution is -2.18. The van der Waals surface area contributed by atoms with Gasteiger partial charge in [0.15, 0.2) is 0 Å². The van der Waals surface area contributed by atoms with Gasteiger partial charge in [0.1, 0.15) is 0 Å². The van der Waals surface area contributed by atoms with Crippen LogP contribution in [0.2, 0.25) is 0 Å². The zero-order chi connectivity index (χ0) is 12.7. The van der Waals surface area contributed by atoms with Crippen molar-refractivity contribution in [3.05, 3.63) is 28.2 Å². The first kappa shape index (κ1) is 15.0. The predicted molar refractivity (Wildman–Crippen MR) is 78.7 cm³/mol. The molecule has 0 aromatic heterocycles. The molecule has 0 heterocycles. The Hall–Kier alpha value is -0.0300. The zero-order valence-corrected chi connectivity index (χ0v) is 13.0. The highest BCUT2D eigenvalue weighted by molar-refractivity contribution is 9.10. The second-order valence-corrected chi connectivity index (χ2v) is 6.59. The third-order valence-electron chi connectivity index (χ3n) is 2.19. The van der Waals surface area contributed by atoms with Crippen LogP contribution in [-0.4, -0.2) is 25.5 Å². The van der Waals surface area contributed by atoms with Gasteiger partial charge in [0.2, 0.25) is 0 Å². The van der Waals surface area contributed by atoms with Crippen LogP contribution in [0.25, 0.3) is 0 Å². The molecule has 1 N–H and O–H groups in total. The maximum atomic E-state index is 5.00. The van der Waals surface area contributed by atoms with Crippen molar-refractivity contribution < 1.29 is 4.74 Å². The highest BCUT2D eigenvalue weighted by atomic mass is 79.9. The van der Waals surface area contributed by atoms with E-state index in [1.807, 2.05) is 11.8 Å². The van der Waals surface area contributed by atoms with Crippen molar-refractivity contribution >= 4 is 27.7 Å². The third kappa shape index (κ3) is 5.91. The molecule has 0 aliphatic rings. The van der Waals surface area contributed by atoms with Crippen molar-refractivity contribution in [2.45, 2.75) is 30.5 Å². The molecule has 0 spiro atoms. The molecule has 0 unspecified atom stereocenters. The predicted octanol–water partition coefficient (Wildman–Crippen LogP) is 3.69. The second kappa shape index (κ2) is 8.14. The summed E-state index contributed by atoms with van der Waals surface area (Å²) in [6.45, 7) is 6.92. The first-order valence-electron chi connectivity index (χ1n) is 5.78. The fourth-order valence-electron chi connectivity index (χ4n) is 1.41. The van der Waals surface area contributed by atoms with Crippen LogP contribution < -0.4 is 5.32 Å². The molecule has 4 heteroatoms.